The van der Waals surface area contributed by atoms with Crippen LogP contribution in [0, 0.1) is 13.8 Å². The van der Waals surface area contributed by atoms with Crippen LogP contribution in [0.3, 0.4) is 0 Å². The molecule has 7 nitrogen and oxygen atoms in total. The number of rotatable bonds is 5. The zero-order chi connectivity index (χ0) is 18.1. The van der Waals surface area contributed by atoms with Crippen molar-refractivity contribution in [1.29, 1.82) is 0 Å². The molecule has 0 saturated carbocycles. The van der Waals surface area contributed by atoms with Crippen LogP contribution >= 0.6 is 0 Å². The Labute approximate surface area is 150 Å². The van der Waals surface area contributed by atoms with E-state index in [1.807, 2.05) is 0 Å². The van der Waals surface area contributed by atoms with Crippen molar-refractivity contribution in [3.8, 4) is 0 Å². The third-order valence-electron chi connectivity index (χ3n) is 4.57. The fraction of sp³-hybridized carbons (Fsp3) is 0.263. The monoisotopic (exact) mass is 348 g/mol. The van der Waals surface area contributed by atoms with Gasteiger partial charge in [0.05, 0.1) is 11.0 Å². The number of benzene rings is 1. The molecule has 0 radical (unpaired) electrons. The second kappa shape index (κ2) is 6.59. The lowest BCUT2D eigenvalue weighted by Gasteiger charge is -2.01. The quantitative estimate of drug-likeness (QED) is 0.543. The van der Waals surface area contributed by atoms with Crippen LogP contribution in [-0.2, 0) is 6.42 Å². The van der Waals surface area contributed by atoms with E-state index in [1.165, 1.54) is 11.1 Å². The third-order valence-corrected chi connectivity index (χ3v) is 4.57. The van der Waals surface area contributed by atoms with Gasteiger partial charge in [0.2, 0.25) is 0 Å². The molecule has 0 saturated heterocycles. The molecule has 0 unspecified atom stereocenters. The predicted octanol–water partition coefficient (Wildman–Crippen LogP) is 2.59. The van der Waals surface area contributed by atoms with Gasteiger partial charge >= 0.3 is 0 Å². The Balaban J connectivity index is 1.35. The number of aromatic nitrogens is 5. The number of carbonyl (C=O) groups excluding carboxylic acids is 1. The molecule has 0 aliphatic heterocycles. The van der Waals surface area contributed by atoms with Gasteiger partial charge in [-0.2, -0.15) is 5.10 Å². The van der Waals surface area contributed by atoms with E-state index in [1.54, 1.807) is 29.0 Å². The molecule has 4 aromatic rings. The minimum atomic E-state index is -0.188. The Kier molecular flexibility index (Phi) is 4.12. The summed E-state index contributed by atoms with van der Waals surface area (Å²) in [6.45, 7) is 4.74. The number of imidazole rings is 1. The average Bonchev–Trinajstić information content (AvgIpc) is 3.26. The zero-order valence-electron chi connectivity index (χ0n) is 14.8. The van der Waals surface area contributed by atoms with E-state index in [4.69, 9.17) is 0 Å². The summed E-state index contributed by atoms with van der Waals surface area (Å²) in [5.41, 5.74) is 5.57. The number of nitrogens with one attached hydrogen (secondary N) is 2. The van der Waals surface area contributed by atoms with Crippen molar-refractivity contribution < 1.29 is 4.79 Å². The van der Waals surface area contributed by atoms with Crippen LogP contribution in [0.4, 0.5) is 0 Å². The van der Waals surface area contributed by atoms with Crippen molar-refractivity contribution in [3.05, 3.63) is 59.3 Å². The summed E-state index contributed by atoms with van der Waals surface area (Å²) in [7, 11) is 0. The van der Waals surface area contributed by atoms with Crippen molar-refractivity contribution in [2.45, 2.75) is 26.7 Å². The highest BCUT2D eigenvalue weighted by Crippen LogP contribution is 2.19. The molecule has 132 valence electrons. The fourth-order valence-corrected chi connectivity index (χ4v) is 2.97. The van der Waals surface area contributed by atoms with Gasteiger partial charge in [0.1, 0.15) is 5.82 Å². The van der Waals surface area contributed by atoms with E-state index in [2.05, 4.69) is 51.3 Å². The van der Waals surface area contributed by atoms with Crippen molar-refractivity contribution >= 4 is 22.6 Å². The van der Waals surface area contributed by atoms with Crippen LogP contribution in [-0.4, -0.2) is 37.0 Å². The number of aryl methyl sites for hydroxylation is 3. The molecule has 3 heterocycles. The van der Waals surface area contributed by atoms with Crippen LogP contribution in [0.15, 0.2) is 36.7 Å². The van der Waals surface area contributed by atoms with Crippen molar-refractivity contribution in [2.24, 2.45) is 0 Å². The number of H-pyrrole nitrogens is 1. The minimum Gasteiger partial charge on any atom is -0.351 e. The molecule has 0 aliphatic rings. The standard InChI is InChI=1S/C19H20N6O/c1-12-6-7-14-18(13(12)2)23-16(22-14)5-3-8-21-19(26)15-11-17-20-9-4-10-25(17)24-15/h4,6-7,9-11H,3,5,8H2,1-2H3,(H,21,26)(H,22,23). The maximum absolute atomic E-state index is 12.2. The molecule has 0 spiro atoms. The van der Waals surface area contributed by atoms with E-state index in [-0.39, 0.29) is 5.91 Å². The van der Waals surface area contributed by atoms with Gasteiger partial charge in [0, 0.05) is 31.4 Å². The molecule has 1 amide bonds. The van der Waals surface area contributed by atoms with Gasteiger partial charge in [-0.1, -0.05) is 6.07 Å². The first-order chi connectivity index (χ1) is 12.6. The molecule has 7 heteroatoms. The second-order valence-corrected chi connectivity index (χ2v) is 6.40. The largest absolute Gasteiger partial charge is 0.351 e. The van der Waals surface area contributed by atoms with Crippen molar-refractivity contribution in [3.63, 3.8) is 0 Å². The number of fused-ring (bicyclic) bond motifs is 2. The van der Waals surface area contributed by atoms with Crippen LogP contribution in [0.1, 0.15) is 33.9 Å². The summed E-state index contributed by atoms with van der Waals surface area (Å²) in [5.74, 6) is 0.756. The van der Waals surface area contributed by atoms with Gasteiger partial charge in [0.15, 0.2) is 11.3 Å². The smallest absolute Gasteiger partial charge is 0.271 e. The van der Waals surface area contributed by atoms with E-state index < -0.39 is 0 Å². The highest BCUT2D eigenvalue weighted by atomic mass is 16.1. The van der Waals surface area contributed by atoms with E-state index in [0.717, 1.165) is 29.7 Å². The summed E-state index contributed by atoms with van der Waals surface area (Å²) in [4.78, 5) is 24.4. The topological polar surface area (TPSA) is 88.0 Å². The maximum atomic E-state index is 12.2. The highest BCUT2D eigenvalue weighted by molar-refractivity contribution is 5.93. The van der Waals surface area contributed by atoms with Gasteiger partial charge in [-0.3, -0.25) is 4.79 Å². The number of aromatic amines is 1. The van der Waals surface area contributed by atoms with E-state index in [0.29, 0.717) is 17.9 Å². The Bertz CT molecular complexity index is 1060. The van der Waals surface area contributed by atoms with Gasteiger partial charge in [-0.25, -0.2) is 14.5 Å². The van der Waals surface area contributed by atoms with Crippen LogP contribution in [0.2, 0.25) is 0 Å². The van der Waals surface area contributed by atoms with Gasteiger partial charge in [-0.05, 0) is 43.5 Å². The molecule has 0 bridgehead atoms. The summed E-state index contributed by atoms with van der Waals surface area (Å²) < 4.78 is 1.59. The molecule has 26 heavy (non-hydrogen) atoms. The molecule has 0 aliphatic carbocycles. The first-order valence-corrected chi connectivity index (χ1v) is 8.65. The Morgan fingerprint density at radius 3 is 3.04 bits per heavy atom. The number of carbonyl (C=O) groups is 1. The summed E-state index contributed by atoms with van der Waals surface area (Å²) >= 11 is 0. The van der Waals surface area contributed by atoms with Crippen molar-refractivity contribution in [2.75, 3.05) is 6.54 Å². The summed E-state index contributed by atoms with van der Waals surface area (Å²) in [6.07, 6.45) is 5.02. The first-order valence-electron chi connectivity index (χ1n) is 8.65. The van der Waals surface area contributed by atoms with Crippen LogP contribution < -0.4 is 5.32 Å². The van der Waals surface area contributed by atoms with Crippen LogP contribution in [0.5, 0.6) is 0 Å². The number of hydrogen-bond donors (Lipinski definition) is 2. The number of nitrogens with zero attached hydrogens (tertiary/aromatic N) is 4. The summed E-state index contributed by atoms with van der Waals surface area (Å²) in [6, 6.07) is 7.62. The molecule has 4 rings (SSSR count). The normalized spacial score (nSPS) is 11.3. The van der Waals surface area contributed by atoms with Gasteiger partial charge < -0.3 is 10.3 Å². The molecule has 3 aromatic heterocycles. The number of hydrogen-bond acceptors (Lipinski definition) is 4. The van der Waals surface area contributed by atoms with Gasteiger partial charge in [0.25, 0.3) is 5.91 Å². The van der Waals surface area contributed by atoms with Crippen molar-refractivity contribution in [1.82, 2.24) is 29.9 Å². The minimum absolute atomic E-state index is 0.188. The molecular weight excluding hydrogens is 328 g/mol. The second-order valence-electron chi connectivity index (χ2n) is 6.40. The molecular formula is C19H20N6O. The van der Waals surface area contributed by atoms with Crippen LogP contribution in [0.25, 0.3) is 16.7 Å². The average molecular weight is 348 g/mol. The lowest BCUT2D eigenvalue weighted by atomic mass is 10.1. The molecule has 0 fully saturated rings. The zero-order valence-corrected chi connectivity index (χ0v) is 14.8. The van der Waals surface area contributed by atoms with E-state index in [9.17, 15) is 4.79 Å². The molecule has 2 N–H and O–H groups in total. The highest BCUT2D eigenvalue weighted by Gasteiger charge is 2.11. The Hall–Kier alpha value is -3.22. The third kappa shape index (κ3) is 3.03. The summed E-state index contributed by atoms with van der Waals surface area (Å²) in [5, 5.41) is 7.12. The van der Waals surface area contributed by atoms with E-state index >= 15 is 0 Å². The maximum Gasteiger partial charge on any atom is 0.271 e. The lowest BCUT2D eigenvalue weighted by Crippen LogP contribution is -2.25. The molecule has 1 aromatic carbocycles. The molecule has 0 atom stereocenters. The van der Waals surface area contributed by atoms with Gasteiger partial charge in [-0.15, -0.1) is 0 Å². The SMILES string of the molecule is Cc1ccc2[nH]c(CCCNC(=O)c3cc4ncccn4n3)nc2c1C. The Morgan fingerprint density at radius 1 is 1.31 bits per heavy atom. The fourth-order valence-electron chi connectivity index (χ4n) is 2.97. The lowest BCUT2D eigenvalue weighted by molar-refractivity contribution is 0.0948. The number of amides is 1. The first kappa shape index (κ1) is 16.3. The Morgan fingerprint density at radius 2 is 2.19 bits per heavy atom. The predicted molar refractivity (Wildman–Crippen MR) is 99.2 cm³/mol.